The lowest BCUT2D eigenvalue weighted by atomic mass is 9.87. The third-order valence-electron chi connectivity index (χ3n) is 5.32. The van der Waals surface area contributed by atoms with Crippen molar-refractivity contribution in [2.45, 2.75) is 26.2 Å². The summed E-state index contributed by atoms with van der Waals surface area (Å²) in [7, 11) is 1.56. The third-order valence-corrected chi connectivity index (χ3v) is 5.81. The maximum absolute atomic E-state index is 12.8. The van der Waals surface area contributed by atoms with Crippen molar-refractivity contribution in [1.82, 2.24) is 0 Å². The molecule has 1 heterocycles. The fourth-order valence-corrected chi connectivity index (χ4v) is 3.84. The van der Waals surface area contributed by atoms with Crippen molar-refractivity contribution < 1.29 is 23.8 Å². The van der Waals surface area contributed by atoms with Crippen LogP contribution in [0.3, 0.4) is 0 Å². The molecular weight excluding hydrogens is 484 g/mol. The molecule has 0 aliphatic carbocycles. The van der Waals surface area contributed by atoms with Crippen LogP contribution in [0.15, 0.2) is 70.9 Å². The molecule has 0 N–H and O–H groups in total. The Hall–Kier alpha value is -3.38. The molecule has 0 saturated heterocycles. The number of carbonyl (C=O) groups excluding carboxylic acids is 2. The normalized spacial score (nSPS) is 14.1. The van der Waals surface area contributed by atoms with E-state index in [1.165, 1.54) is 0 Å². The minimum atomic E-state index is -0.477. The average Bonchev–Trinajstić information content (AvgIpc) is 3.08. The van der Waals surface area contributed by atoms with Crippen LogP contribution in [-0.2, 0) is 5.41 Å². The van der Waals surface area contributed by atoms with Crippen LogP contribution in [-0.4, -0.2) is 18.9 Å². The molecule has 0 atom stereocenters. The Morgan fingerprint density at radius 3 is 2.39 bits per heavy atom. The number of ketones is 1. The summed E-state index contributed by atoms with van der Waals surface area (Å²) in [4.78, 5) is 25.4. The number of methoxy groups -OCH3 is 1. The van der Waals surface area contributed by atoms with Gasteiger partial charge in [-0.2, -0.15) is 0 Å². The monoisotopic (exact) mass is 506 g/mol. The van der Waals surface area contributed by atoms with E-state index in [9.17, 15) is 9.59 Å². The van der Waals surface area contributed by atoms with E-state index in [-0.39, 0.29) is 17.0 Å². The largest absolute Gasteiger partial charge is 0.496 e. The van der Waals surface area contributed by atoms with Crippen LogP contribution in [0.25, 0.3) is 6.08 Å². The summed E-state index contributed by atoms with van der Waals surface area (Å²) < 4.78 is 17.5. The second kappa shape index (κ2) is 8.87. The third kappa shape index (κ3) is 4.86. The molecule has 6 heteroatoms. The maximum Gasteiger partial charge on any atom is 0.343 e. The minimum Gasteiger partial charge on any atom is -0.496 e. The van der Waals surface area contributed by atoms with Gasteiger partial charge in [-0.15, -0.1) is 0 Å². The topological polar surface area (TPSA) is 61.8 Å². The van der Waals surface area contributed by atoms with Crippen LogP contribution in [0.5, 0.6) is 17.2 Å². The lowest BCUT2D eigenvalue weighted by Gasteiger charge is -2.18. The van der Waals surface area contributed by atoms with Gasteiger partial charge in [-0.3, -0.25) is 4.79 Å². The SMILES string of the molecule is COc1ccc(Br)cc1C=C1Oc2cc(OC(=O)c3ccc(C(C)(C)C)cc3)ccc2C1=O. The fourth-order valence-electron chi connectivity index (χ4n) is 3.46. The Kier molecular flexibility index (Phi) is 6.13. The number of halogens is 1. The Morgan fingerprint density at radius 2 is 1.73 bits per heavy atom. The molecule has 0 fully saturated rings. The van der Waals surface area contributed by atoms with E-state index in [4.69, 9.17) is 14.2 Å². The molecule has 0 unspecified atom stereocenters. The molecule has 168 valence electrons. The van der Waals surface area contributed by atoms with Gasteiger partial charge in [-0.25, -0.2) is 4.79 Å². The first-order chi connectivity index (χ1) is 15.7. The quantitative estimate of drug-likeness (QED) is 0.227. The van der Waals surface area contributed by atoms with Crippen molar-refractivity contribution in [3.8, 4) is 17.2 Å². The predicted octanol–water partition coefficient (Wildman–Crippen LogP) is 6.59. The molecule has 1 aliphatic heterocycles. The average molecular weight is 507 g/mol. The highest BCUT2D eigenvalue weighted by molar-refractivity contribution is 9.10. The van der Waals surface area contributed by atoms with E-state index < -0.39 is 5.97 Å². The van der Waals surface area contributed by atoms with E-state index >= 15 is 0 Å². The maximum atomic E-state index is 12.8. The lowest BCUT2D eigenvalue weighted by Crippen LogP contribution is -2.12. The van der Waals surface area contributed by atoms with E-state index in [0.717, 1.165) is 10.0 Å². The molecule has 4 rings (SSSR count). The molecule has 1 aliphatic rings. The minimum absolute atomic E-state index is 0.00261. The predicted molar refractivity (Wildman–Crippen MR) is 130 cm³/mol. The highest BCUT2D eigenvalue weighted by Gasteiger charge is 2.28. The zero-order valence-electron chi connectivity index (χ0n) is 18.8. The van der Waals surface area contributed by atoms with Crippen LogP contribution in [0.2, 0.25) is 0 Å². The number of esters is 1. The number of hydrogen-bond acceptors (Lipinski definition) is 5. The fraction of sp³-hybridized carbons (Fsp3) is 0.185. The van der Waals surface area contributed by atoms with Crippen LogP contribution >= 0.6 is 15.9 Å². The molecule has 0 amide bonds. The van der Waals surface area contributed by atoms with Crippen LogP contribution in [0.1, 0.15) is 52.6 Å². The highest BCUT2D eigenvalue weighted by atomic mass is 79.9. The Balaban J connectivity index is 1.54. The summed E-state index contributed by atoms with van der Waals surface area (Å²) >= 11 is 3.42. The first-order valence-electron chi connectivity index (χ1n) is 10.4. The van der Waals surface area contributed by atoms with Gasteiger partial charge in [-0.05, 0) is 59.5 Å². The van der Waals surface area contributed by atoms with Gasteiger partial charge in [0.2, 0.25) is 5.78 Å². The van der Waals surface area contributed by atoms with Crippen LogP contribution in [0, 0.1) is 0 Å². The molecule has 0 radical (unpaired) electrons. The summed E-state index contributed by atoms with van der Waals surface area (Å²) in [6, 6.07) is 17.6. The van der Waals surface area contributed by atoms with E-state index in [1.807, 2.05) is 24.3 Å². The number of carbonyl (C=O) groups is 2. The molecule has 0 aromatic heterocycles. The molecule has 0 saturated carbocycles. The van der Waals surface area contributed by atoms with Crippen molar-refractivity contribution in [2.24, 2.45) is 0 Å². The van der Waals surface area contributed by atoms with Gasteiger partial charge in [0.15, 0.2) is 5.76 Å². The summed E-state index contributed by atoms with van der Waals surface area (Å²) in [5.74, 6) is 0.700. The Labute approximate surface area is 201 Å². The van der Waals surface area contributed by atoms with Gasteiger partial charge < -0.3 is 14.2 Å². The number of fused-ring (bicyclic) bond motifs is 1. The molecule has 0 spiro atoms. The molecular formula is C27H23BrO5. The number of benzene rings is 3. The number of Topliss-reactive ketones (excluding diaryl/α,β-unsaturated/α-hetero) is 1. The van der Waals surface area contributed by atoms with Crippen molar-refractivity contribution >= 4 is 33.8 Å². The van der Waals surface area contributed by atoms with Crippen molar-refractivity contribution in [1.29, 1.82) is 0 Å². The van der Waals surface area contributed by atoms with Gasteiger partial charge in [0.1, 0.15) is 17.2 Å². The van der Waals surface area contributed by atoms with Crippen molar-refractivity contribution in [3.63, 3.8) is 0 Å². The smallest absolute Gasteiger partial charge is 0.343 e. The van der Waals surface area contributed by atoms with Gasteiger partial charge in [0.05, 0.1) is 18.2 Å². The highest BCUT2D eigenvalue weighted by Crippen LogP contribution is 2.36. The number of ether oxygens (including phenoxy) is 3. The van der Waals surface area contributed by atoms with Gasteiger partial charge in [0, 0.05) is 16.1 Å². The lowest BCUT2D eigenvalue weighted by molar-refractivity contribution is 0.0734. The van der Waals surface area contributed by atoms with Gasteiger partial charge in [0.25, 0.3) is 0 Å². The Bertz CT molecular complexity index is 1270. The second-order valence-corrected chi connectivity index (χ2v) is 9.62. The summed E-state index contributed by atoms with van der Waals surface area (Å²) in [6.07, 6.45) is 1.63. The van der Waals surface area contributed by atoms with Crippen molar-refractivity contribution in [2.75, 3.05) is 7.11 Å². The standard InChI is InChI=1S/C27H23BrO5/c1-27(2,3)18-7-5-16(6-8-18)26(30)32-20-10-11-21-23(15-20)33-24(25(21)29)14-17-13-19(28)9-12-22(17)31-4/h5-15H,1-4H3. The van der Waals surface area contributed by atoms with E-state index in [0.29, 0.717) is 33.9 Å². The van der Waals surface area contributed by atoms with E-state index in [2.05, 4.69) is 36.7 Å². The first-order valence-corrected chi connectivity index (χ1v) is 11.2. The zero-order valence-corrected chi connectivity index (χ0v) is 20.4. The van der Waals surface area contributed by atoms with E-state index in [1.54, 1.807) is 49.6 Å². The van der Waals surface area contributed by atoms with Crippen LogP contribution in [0.4, 0.5) is 0 Å². The number of rotatable bonds is 4. The zero-order chi connectivity index (χ0) is 23.8. The molecule has 5 nitrogen and oxygen atoms in total. The van der Waals surface area contributed by atoms with Crippen LogP contribution < -0.4 is 14.2 Å². The Morgan fingerprint density at radius 1 is 1.00 bits per heavy atom. The molecule has 0 bridgehead atoms. The molecule has 3 aromatic rings. The molecule has 33 heavy (non-hydrogen) atoms. The number of hydrogen-bond donors (Lipinski definition) is 0. The summed E-state index contributed by atoms with van der Waals surface area (Å²) in [6.45, 7) is 6.34. The number of allylic oxidation sites excluding steroid dienone is 1. The first kappa shape index (κ1) is 22.8. The summed E-state index contributed by atoms with van der Waals surface area (Å²) in [5.41, 5.74) is 2.68. The summed E-state index contributed by atoms with van der Waals surface area (Å²) in [5, 5.41) is 0. The van der Waals surface area contributed by atoms with Gasteiger partial charge >= 0.3 is 5.97 Å². The van der Waals surface area contributed by atoms with Crippen molar-refractivity contribution in [3.05, 3.63) is 93.1 Å². The molecule has 3 aromatic carbocycles. The van der Waals surface area contributed by atoms with Gasteiger partial charge in [-0.1, -0.05) is 48.8 Å². The second-order valence-electron chi connectivity index (χ2n) is 8.70.